The summed E-state index contributed by atoms with van der Waals surface area (Å²) in [6, 6.07) is 26.1. The normalized spacial score (nSPS) is 11.0. The number of thiazole rings is 1. The average Bonchev–Trinajstić information content (AvgIpc) is 3.43. The van der Waals surface area contributed by atoms with Gasteiger partial charge in [-0.2, -0.15) is 5.10 Å². The predicted molar refractivity (Wildman–Crippen MR) is 162 cm³/mol. The first kappa shape index (κ1) is 27.5. The van der Waals surface area contributed by atoms with E-state index >= 15 is 0 Å². The standard InChI is InChI=1S/C30H21BrClFN4O2S/c31-23-7-14-28(39-17-19-1-10-25(33)11-2-19)22(15-23)16-34-37-29(38)21-5-3-20(4-6-21)27-18-40-30(36-27)35-26-12-8-24(32)9-13-26/h1-16,18H,17H2,(H,35,36)(H,37,38)/b34-16-. The van der Waals surface area contributed by atoms with Gasteiger partial charge in [0.15, 0.2) is 5.13 Å². The number of anilines is 2. The van der Waals surface area contributed by atoms with E-state index in [1.807, 2.05) is 53.9 Å². The number of nitrogens with one attached hydrogen (secondary N) is 2. The van der Waals surface area contributed by atoms with Gasteiger partial charge in [-0.3, -0.25) is 4.79 Å². The van der Waals surface area contributed by atoms with Crippen LogP contribution in [-0.4, -0.2) is 17.1 Å². The van der Waals surface area contributed by atoms with Crippen molar-refractivity contribution in [2.45, 2.75) is 6.61 Å². The molecule has 0 aliphatic heterocycles. The topological polar surface area (TPSA) is 75.6 Å². The summed E-state index contributed by atoms with van der Waals surface area (Å²) in [5.74, 6) is -0.0802. The van der Waals surface area contributed by atoms with E-state index < -0.39 is 0 Å². The molecule has 6 nitrogen and oxygen atoms in total. The molecule has 0 aliphatic carbocycles. The summed E-state index contributed by atoms with van der Waals surface area (Å²) in [4.78, 5) is 17.3. The molecule has 2 N–H and O–H groups in total. The fraction of sp³-hybridized carbons (Fsp3) is 0.0333. The maximum atomic E-state index is 13.2. The Labute approximate surface area is 247 Å². The molecule has 10 heteroatoms. The third-order valence-electron chi connectivity index (χ3n) is 5.69. The van der Waals surface area contributed by atoms with Gasteiger partial charge in [-0.25, -0.2) is 14.8 Å². The highest BCUT2D eigenvalue weighted by Crippen LogP contribution is 2.28. The van der Waals surface area contributed by atoms with Crippen LogP contribution in [-0.2, 0) is 6.61 Å². The Morgan fingerprint density at radius 1 is 1.02 bits per heavy atom. The second-order valence-electron chi connectivity index (χ2n) is 8.54. The summed E-state index contributed by atoms with van der Waals surface area (Å²) in [7, 11) is 0. The fourth-order valence-electron chi connectivity index (χ4n) is 3.63. The van der Waals surface area contributed by atoms with E-state index in [9.17, 15) is 9.18 Å². The molecule has 0 unspecified atom stereocenters. The largest absolute Gasteiger partial charge is 0.488 e. The van der Waals surface area contributed by atoms with E-state index in [-0.39, 0.29) is 18.3 Å². The molecule has 0 bridgehead atoms. The number of carbonyl (C=O) groups excluding carboxylic acids is 1. The summed E-state index contributed by atoms with van der Waals surface area (Å²) in [6.45, 7) is 0.263. The van der Waals surface area contributed by atoms with E-state index in [4.69, 9.17) is 16.3 Å². The van der Waals surface area contributed by atoms with Crippen LogP contribution in [0.15, 0.2) is 106 Å². The molecule has 0 saturated carbocycles. The zero-order valence-electron chi connectivity index (χ0n) is 20.8. The van der Waals surface area contributed by atoms with E-state index in [0.717, 1.165) is 32.1 Å². The van der Waals surface area contributed by atoms with Crippen molar-refractivity contribution in [2.75, 3.05) is 5.32 Å². The van der Waals surface area contributed by atoms with Crippen molar-refractivity contribution in [1.82, 2.24) is 10.4 Å². The van der Waals surface area contributed by atoms with Crippen LogP contribution in [0.4, 0.5) is 15.2 Å². The summed E-state index contributed by atoms with van der Waals surface area (Å²) >= 11 is 10.9. The van der Waals surface area contributed by atoms with Crippen LogP contribution in [0.2, 0.25) is 5.02 Å². The molecule has 0 aliphatic rings. The Kier molecular flexibility index (Phi) is 8.85. The molecule has 200 valence electrons. The molecule has 1 heterocycles. The molecule has 0 atom stereocenters. The monoisotopic (exact) mass is 634 g/mol. The van der Waals surface area contributed by atoms with Gasteiger partial charge in [0.2, 0.25) is 0 Å². The first-order valence-electron chi connectivity index (χ1n) is 12.0. The second-order valence-corrected chi connectivity index (χ2v) is 10.8. The van der Waals surface area contributed by atoms with Crippen molar-refractivity contribution in [1.29, 1.82) is 0 Å². The Balaban J connectivity index is 1.19. The Morgan fingerprint density at radius 3 is 2.52 bits per heavy atom. The molecular weight excluding hydrogens is 615 g/mol. The van der Waals surface area contributed by atoms with Gasteiger partial charge in [0, 0.05) is 37.3 Å². The Hall–Kier alpha value is -4.05. The predicted octanol–water partition coefficient (Wildman–Crippen LogP) is 8.45. The fourth-order valence-corrected chi connectivity index (χ4v) is 4.88. The first-order valence-corrected chi connectivity index (χ1v) is 14.1. The van der Waals surface area contributed by atoms with Crippen LogP contribution in [0.3, 0.4) is 0 Å². The molecule has 4 aromatic carbocycles. The lowest BCUT2D eigenvalue weighted by atomic mass is 10.1. The van der Waals surface area contributed by atoms with Crippen LogP contribution < -0.4 is 15.5 Å². The van der Waals surface area contributed by atoms with Crippen LogP contribution in [0.5, 0.6) is 5.75 Å². The third-order valence-corrected chi connectivity index (χ3v) is 7.19. The Bertz CT molecular complexity index is 1640. The third kappa shape index (κ3) is 7.32. The highest BCUT2D eigenvalue weighted by atomic mass is 79.9. The van der Waals surface area contributed by atoms with Crippen LogP contribution in [0.1, 0.15) is 21.5 Å². The van der Waals surface area contributed by atoms with Crippen molar-refractivity contribution in [3.8, 4) is 17.0 Å². The number of amides is 1. The highest BCUT2D eigenvalue weighted by molar-refractivity contribution is 9.10. The number of halogens is 3. The van der Waals surface area contributed by atoms with Crippen LogP contribution in [0, 0.1) is 5.82 Å². The summed E-state index contributed by atoms with van der Waals surface area (Å²) in [5.41, 5.74) is 7.09. The van der Waals surface area contributed by atoms with Crippen molar-refractivity contribution in [2.24, 2.45) is 5.10 Å². The van der Waals surface area contributed by atoms with Gasteiger partial charge in [-0.1, -0.05) is 51.8 Å². The number of hydrazone groups is 1. The molecule has 5 rings (SSSR count). The molecule has 1 aromatic heterocycles. The number of hydrogen-bond acceptors (Lipinski definition) is 6. The minimum absolute atomic E-state index is 0.263. The van der Waals surface area contributed by atoms with E-state index in [0.29, 0.717) is 21.9 Å². The first-order chi connectivity index (χ1) is 19.4. The highest BCUT2D eigenvalue weighted by Gasteiger charge is 2.09. The van der Waals surface area contributed by atoms with E-state index in [1.54, 1.807) is 30.3 Å². The van der Waals surface area contributed by atoms with Crippen molar-refractivity contribution in [3.05, 3.63) is 128 Å². The van der Waals surface area contributed by atoms with Gasteiger partial charge in [0.1, 0.15) is 18.2 Å². The molecule has 0 radical (unpaired) electrons. The van der Waals surface area contributed by atoms with E-state index in [2.05, 4.69) is 36.8 Å². The van der Waals surface area contributed by atoms with E-state index in [1.165, 1.54) is 29.7 Å². The molecule has 1 amide bonds. The van der Waals surface area contributed by atoms with Gasteiger partial charge in [0.25, 0.3) is 5.91 Å². The van der Waals surface area contributed by atoms with Crippen LogP contribution in [0.25, 0.3) is 11.3 Å². The van der Waals surface area contributed by atoms with Gasteiger partial charge < -0.3 is 10.1 Å². The zero-order valence-corrected chi connectivity index (χ0v) is 23.9. The molecular formula is C30H21BrClFN4O2S. The number of hydrogen-bond donors (Lipinski definition) is 2. The SMILES string of the molecule is O=C(N/N=C\c1cc(Br)ccc1OCc1ccc(F)cc1)c1ccc(-c2csc(Nc3ccc(Cl)cc3)n2)cc1. The summed E-state index contributed by atoms with van der Waals surface area (Å²) in [5, 5.41) is 10.7. The lowest BCUT2D eigenvalue weighted by Gasteiger charge is -2.10. The molecule has 0 spiro atoms. The summed E-state index contributed by atoms with van der Waals surface area (Å²) in [6.07, 6.45) is 1.52. The minimum Gasteiger partial charge on any atom is -0.488 e. The van der Waals surface area contributed by atoms with Crippen molar-refractivity contribution in [3.63, 3.8) is 0 Å². The Morgan fingerprint density at radius 2 is 1.77 bits per heavy atom. The summed E-state index contributed by atoms with van der Waals surface area (Å²) < 4.78 is 19.9. The number of carbonyl (C=O) groups is 1. The number of nitrogens with zero attached hydrogens (tertiary/aromatic N) is 2. The molecule has 40 heavy (non-hydrogen) atoms. The lowest BCUT2D eigenvalue weighted by Crippen LogP contribution is -2.17. The smallest absolute Gasteiger partial charge is 0.271 e. The van der Waals surface area contributed by atoms with Crippen molar-refractivity contribution < 1.29 is 13.9 Å². The van der Waals surface area contributed by atoms with Gasteiger partial charge in [0.05, 0.1) is 11.9 Å². The van der Waals surface area contributed by atoms with Gasteiger partial charge in [-0.05, 0) is 72.3 Å². The minimum atomic E-state index is -0.352. The average molecular weight is 636 g/mol. The number of ether oxygens (including phenoxy) is 1. The maximum Gasteiger partial charge on any atom is 0.271 e. The molecule has 0 saturated heterocycles. The molecule has 5 aromatic rings. The van der Waals surface area contributed by atoms with Crippen molar-refractivity contribution >= 4 is 61.8 Å². The number of benzene rings is 4. The molecule has 0 fully saturated rings. The quantitative estimate of drug-likeness (QED) is 0.126. The maximum absolute atomic E-state index is 13.2. The zero-order chi connectivity index (χ0) is 27.9. The number of rotatable bonds is 9. The second kappa shape index (κ2) is 12.9. The van der Waals surface area contributed by atoms with Gasteiger partial charge in [-0.15, -0.1) is 11.3 Å². The van der Waals surface area contributed by atoms with Crippen LogP contribution >= 0.6 is 38.9 Å². The lowest BCUT2D eigenvalue weighted by molar-refractivity contribution is 0.0955. The number of aromatic nitrogens is 1. The van der Waals surface area contributed by atoms with Gasteiger partial charge >= 0.3 is 0 Å².